The lowest BCUT2D eigenvalue weighted by Crippen LogP contribution is -2.54. The minimum absolute atomic E-state index is 0.0680. The Bertz CT molecular complexity index is 1890. The van der Waals surface area contributed by atoms with E-state index >= 15 is 4.39 Å². The van der Waals surface area contributed by atoms with Gasteiger partial charge < -0.3 is 34.8 Å². The summed E-state index contributed by atoms with van der Waals surface area (Å²) in [5.41, 5.74) is 2.89. The number of pyridine rings is 1. The second-order valence-electron chi connectivity index (χ2n) is 13.6. The van der Waals surface area contributed by atoms with Crippen molar-refractivity contribution in [3.05, 3.63) is 46.3 Å². The number of rotatable bonds is 8. The molecule has 5 heterocycles. The number of benzene rings is 1. The van der Waals surface area contributed by atoms with Crippen LogP contribution < -0.4 is 15.4 Å². The molecule has 3 aliphatic heterocycles. The molecule has 0 aliphatic carbocycles. The first kappa shape index (κ1) is 37.3. The van der Waals surface area contributed by atoms with Gasteiger partial charge in [0.2, 0.25) is 0 Å². The van der Waals surface area contributed by atoms with E-state index in [1.807, 2.05) is 18.9 Å². The van der Waals surface area contributed by atoms with Crippen LogP contribution in [0.4, 0.5) is 34.0 Å². The number of nitrogen functional groups attached to an aromatic ring is 1. The zero-order valence-electron chi connectivity index (χ0n) is 29.2. The van der Waals surface area contributed by atoms with Crippen molar-refractivity contribution >= 4 is 46.1 Å². The van der Waals surface area contributed by atoms with Gasteiger partial charge in [-0.25, -0.2) is 14.2 Å². The minimum Gasteiger partial charge on any atom is -0.462 e. The Labute approximate surface area is 303 Å². The predicted octanol–water partition coefficient (Wildman–Crippen LogP) is 5.69. The molecule has 1 unspecified atom stereocenters. The summed E-state index contributed by atoms with van der Waals surface area (Å²) >= 11 is 6.61. The molecule has 3 aromatic rings. The Morgan fingerprint density at radius 2 is 1.79 bits per heavy atom. The number of amides is 2. The number of hydrogen-bond donors (Lipinski definition) is 1. The summed E-state index contributed by atoms with van der Waals surface area (Å²) in [4.78, 5) is 45.7. The van der Waals surface area contributed by atoms with Gasteiger partial charge in [-0.3, -0.25) is 4.79 Å². The number of aromatic nitrogens is 3. The maximum atomic E-state index is 16.8. The van der Waals surface area contributed by atoms with Gasteiger partial charge in [0, 0.05) is 55.8 Å². The zero-order valence-corrected chi connectivity index (χ0v) is 30.0. The maximum absolute atomic E-state index is 16.8. The van der Waals surface area contributed by atoms with E-state index in [0.29, 0.717) is 13.1 Å². The van der Waals surface area contributed by atoms with E-state index in [4.69, 9.17) is 26.8 Å². The van der Waals surface area contributed by atoms with Gasteiger partial charge in [-0.15, -0.1) is 0 Å². The SMILES string of the molecule is C=C(COC(=O)N1CCCC1)C(=O)N1CCN(c2nc(OCC3CCCN3C)nc3c(F)c(-c4nc(N)cc(C)c4C(F)(F)F)c(Cl)cc23)[C@@H](C)C1. The Balaban J connectivity index is 1.33. The fourth-order valence-corrected chi connectivity index (χ4v) is 7.42. The molecule has 2 N–H and O–H groups in total. The summed E-state index contributed by atoms with van der Waals surface area (Å²) in [6.45, 7) is 9.65. The summed E-state index contributed by atoms with van der Waals surface area (Å²) in [5, 5.41) is -0.212. The summed E-state index contributed by atoms with van der Waals surface area (Å²) in [7, 11) is 1.97. The molecule has 2 atom stereocenters. The van der Waals surface area contributed by atoms with Gasteiger partial charge in [-0.2, -0.15) is 23.1 Å². The summed E-state index contributed by atoms with van der Waals surface area (Å²) in [6, 6.07) is 1.90. The van der Waals surface area contributed by atoms with Crippen LogP contribution in [0.3, 0.4) is 0 Å². The number of aryl methyl sites for hydroxylation is 1. The molecule has 1 aromatic carbocycles. The third-order valence-electron chi connectivity index (χ3n) is 9.90. The van der Waals surface area contributed by atoms with Gasteiger partial charge in [0.25, 0.3) is 5.91 Å². The fraction of sp³-hybridized carbons (Fsp3) is 0.514. The van der Waals surface area contributed by atoms with E-state index < -0.39 is 34.9 Å². The first-order valence-corrected chi connectivity index (χ1v) is 17.5. The van der Waals surface area contributed by atoms with E-state index in [-0.39, 0.29) is 95.5 Å². The van der Waals surface area contributed by atoms with Gasteiger partial charge in [0.05, 0.1) is 21.8 Å². The number of nitrogens with two attached hydrogens (primary N) is 1. The van der Waals surface area contributed by atoms with Crippen LogP contribution in [-0.4, -0.2) is 113 Å². The first-order chi connectivity index (χ1) is 24.6. The Hall–Kier alpha value is -4.44. The average Bonchev–Trinajstić information content (AvgIpc) is 3.77. The number of likely N-dealkylation sites (N-methyl/N-ethyl adjacent to an activating group) is 1. The molecule has 52 heavy (non-hydrogen) atoms. The molecular weight excluding hydrogens is 708 g/mol. The Morgan fingerprint density at radius 1 is 1.06 bits per heavy atom. The van der Waals surface area contributed by atoms with Crippen LogP contribution in [0.5, 0.6) is 6.01 Å². The highest BCUT2D eigenvalue weighted by Gasteiger charge is 2.39. The van der Waals surface area contributed by atoms with Crippen LogP contribution in [0.2, 0.25) is 5.02 Å². The lowest BCUT2D eigenvalue weighted by Gasteiger charge is -2.41. The normalized spacial score (nSPS) is 19.8. The number of hydrogen-bond acceptors (Lipinski definition) is 10. The van der Waals surface area contributed by atoms with Crippen molar-refractivity contribution in [1.29, 1.82) is 0 Å². The standard InChI is InChI=1S/C35H41ClF4N8O4/c1-19-14-25(41)42-30(27(19)35(38,39)40)26-24(36)15-23-29(28(26)37)43-33(51-18-22-8-7-9-45(22)4)44-31(23)48-13-12-47(16-21(48)3)32(49)20(2)17-52-34(50)46-10-5-6-11-46/h14-15,21-22H,2,5-13,16-18H2,1,3-4H3,(H2,41,42)/t21-,22?/m0/s1. The number of fused-ring (bicyclic) bond motifs is 1. The molecule has 6 rings (SSSR count). The minimum atomic E-state index is -4.89. The number of carbonyl (C=O) groups excluding carboxylic acids is 2. The lowest BCUT2D eigenvalue weighted by molar-refractivity contribution is -0.137. The van der Waals surface area contributed by atoms with Crippen molar-refractivity contribution in [2.45, 2.75) is 57.8 Å². The van der Waals surface area contributed by atoms with Crippen molar-refractivity contribution in [2.75, 3.05) is 70.2 Å². The summed E-state index contributed by atoms with van der Waals surface area (Å²) < 4.78 is 71.1. The van der Waals surface area contributed by atoms with Gasteiger partial charge in [0.15, 0.2) is 5.82 Å². The topological polar surface area (TPSA) is 130 Å². The molecule has 0 radical (unpaired) electrons. The highest BCUT2D eigenvalue weighted by atomic mass is 35.5. The molecule has 17 heteroatoms. The Morgan fingerprint density at radius 3 is 2.44 bits per heavy atom. The first-order valence-electron chi connectivity index (χ1n) is 17.2. The molecule has 2 aromatic heterocycles. The second-order valence-corrected chi connectivity index (χ2v) is 14.0. The van der Waals surface area contributed by atoms with Crippen molar-refractivity contribution in [2.24, 2.45) is 0 Å². The number of halogens is 5. The number of piperazine rings is 1. The van der Waals surface area contributed by atoms with Gasteiger partial charge in [-0.1, -0.05) is 18.2 Å². The van der Waals surface area contributed by atoms with Gasteiger partial charge >= 0.3 is 18.3 Å². The molecule has 3 aliphatic rings. The van der Waals surface area contributed by atoms with E-state index in [0.717, 1.165) is 38.3 Å². The van der Waals surface area contributed by atoms with Crippen molar-refractivity contribution in [1.82, 2.24) is 29.7 Å². The molecule has 280 valence electrons. The molecule has 0 saturated carbocycles. The largest absolute Gasteiger partial charge is 0.462 e. The summed E-state index contributed by atoms with van der Waals surface area (Å²) in [6.07, 6.45) is -1.71. The number of alkyl halides is 3. The van der Waals surface area contributed by atoms with Crippen molar-refractivity contribution in [3.63, 3.8) is 0 Å². The van der Waals surface area contributed by atoms with Crippen molar-refractivity contribution in [3.8, 4) is 17.3 Å². The van der Waals surface area contributed by atoms with Crippen LogP contribution in [0.1, 0.15) is 43.7 Å². The van der Waals surface area contributed by atoms with Crippen LogP contribution in [0, 0.1) is 12.7 Å². The zero-order chi connectivity index (χ0) is 37.5. The predicted molar refractivity (Wildman–Crippen MR) is 188 cm³/mol. The van der Waals surface area contributed by atoms with Crippen LogP contribution in [0.15, 0.2) is 24.3 Å². The number of likely N-dealkylation sites (tertiary alicyclic amines) is 2. The fourth-order valence-electron chi connectivity index (χ4n) is 7.14. The molecule has 12 nitrogen and oxygen atoms in total. The van der Waals surface area contributed by atoms with Crippen LogP contribution in [0.25, 0.3) is 22.2 Å². The maximum Gasteiger partial charge on any atom is 0.418 e. The number of ether oxygens (including phenoxy) is 2. The van der Waals surface area contributed by atoms with E-state index in [1.54, 1.807) is 9.80 Å². The van der Waals surface area contributed by atoms with Gasteiger partial charge in [0.1, 0.15) is 30.4 Å². The smallest absolute Gasteiger partial charge is 0.418 e. The molecular formula is C35H41ClF4N8O4. The third kappa shape index (κ3) is 7.54. The molecule has 0 bridgehead atoms. The Kier molecular flexibility index (Phi) is 10.7. The number of nitrogens with zero attached hydrogens (tertiary/aromatic N) is 7. The van der Waals surface area contributed by atoms with Crippen LogP contribution in [-0.2, 0) is 15.7 Å². The number of anilines is 2. The average molecular weight is 749 g/mol. The number of carbonyl (C=O) groups is 2. The molecule has 0 spiro atoms. The van der Waals surface area contributed by atoms with E-state index in [1.165, 1.54) is 13.0 Å². The quantitative estimate of drug-likeness (QED) is 0.227. The highest BCUT2D eigenvalue weighted by molar-refractivity contribution is 6.34. The second kappa shape index (κ2) is 14.9. The van der Waals surface area contributed by atoms with Crippen LogP contribution >= 0.6 is 11.6 Å². The monoisotopic (exact) mass is 748 g/mol. The van der Waals surface area contributed by atoms with Gasteiger partial charge in [-0.05, 0) is 70.8 Å². The van der Waals surface area contributed by atoms with E-state index in [2.05, 4.69) is 26.4 Å². The highest BCUT2D eigenvalue weighted by Crippen LogP contribution is 2.45. The third-order valence-corrected chi connectivity index (χ3v) is 10.2. The summed E-state index contributed by atoms with van der Waals surface area (Å²) in [5.74, 6) is -1.52. The molecule has 3 fully saturated rings. The van der Waals surface area contributed by atoms with E-state index in [9.17, 15) is 22.8 Å². The molecule has 2 amide bonds. The van der Waals surface area contributed by atoms with Crippen molar-refractivity contribution < 1.29 is 36.6 Å². The molecule has 3 saturated heterocycles. The lowest BCUT2D eigenvalue weighted by atomic mass is 9.98.